The number of nitrogens with zero attached hydrogens (tertiary/aromatic N) is 5. The highest BCUT2D eigenvalue weighted by molar-refractivity contribution is 6.34. The molecule has 1 saturated heterocycles. The Bertz CT molecular complexity index is 995. The number of anilines is 1. The van der Waals surface area contributed by atoms with Crippen molar-refractivity contribution in [3.63, 3.8) is 0 Å². The molecule has 1 aromatic carbocycles. The molecule has 0 spiro atoms. The van der Waals surface area contributed by atoms with Crippen LogP contribution in [0.5, 0.6) is 0 Å². The van der Waals surface area contributed by atoms with Crippen LogP contribution in [0.1, 0.15) is 5.56 Å². The first-order valence-corrected chi connectivity index (χ1v) is 9.53. The van der Waals surface area contributed by atoms with Crippen LogP contribution in [0.3, 0.4) is 0 Å². The van der Waals surface area contributed by atoms with Gasteiger partial charge in [0.2, 0.25) is 5.91 Å². The van der Waals surface area contributed by atoms with Crippen molar-refractivity contribution in [3.8, 4) is 0 Å². The van der Waals surface area contributed by atoms with Crippen LogP contribution < -0.4 is 4.90 Å². The van der Waals surface area contributed by atoms with E-state index in [4.69, 9.17) is 23.2 Å². The summed E-state index contributed by atoms with van der Waals surface area (Å²) in [6.07, 6.45) is 3.39. The summed E-state index contributed by atoms with van der Waals surface area (Å²) in [5, 5.41) is 6.34. The van der Waals surface area contributed by atoms with Crippen molar-refractivity contribution in [1.82, 2.24) is 19.7 Å². The molecule has 1 aliphatic rings. The number of hydrogen-bond donors (Lipinski definition) is 0. The van der Waals surface area contributed by atoms with Gasteiger partial charge in [0.05, 0.1) is 10.9 Å². The van der Waals surface area contributed by atoms with E-state index in [9.17, 15) is 4.79 Å². The van der Waals surface area contributed by atoms with Crippen molar-refractivity contribution in [2.75, 3.05) is 31.1 Å². The van der Waals surface area contributed by atoms with Gasteiger partial charge < -0.3 is 9.80 Å². The molecule has 1 fully saturated rings. The summed E-state index contributed by atoms with van der Waals surface area (Å²) >= 11 is 12.2. The van der Waals surface area contributed by atoms with E-state index in [1.807, 2.05) is 24.0 Å². The van der Waals surface area contributed by atoms with E-state index in [1.54, 1.807) is 23.1 Å². The van der Waals surface area contributed by atoms with Gasteiger partial charge in [0, 0.05) is 49.3 Å². The van der Waals surface area contributed by atoms with E-state index in [0.29, 0.717) is 18.2 Å². The molecule has 0 saturated carbocycles. The third kappa shape index (κ3) is 3.73. The highest BCUT2D eigenvalue weighted by Crippen LogP contribution is 2.24. The van der Waals surface area contributed by atoms with Crippen LogP contribution >= 0.6 is 23.2 Å². The maximum atomic E-state index is 12.7. The minimum absolute atomic E-state index is 0.0545. The zero-order chi connectivity index (χ0) is 19.0. The molecule has 2 aromatic heterocycles. The molecule has 0 atom stereocenters. The fourth-order valence-electron chi connectivity index (χ4n) is 3.32. The standard InChI is InChI=1S/C19H19Cl2N5O/c1-13-10-14(2-3-16(13)20)24-6-8-25(9-7-24)18(27)12-26-11-15-17(23-26)4-5-22-19(15)21/h2-5,10-11H,6-9,12H2,1H3. The smallest absolute Gasteiger partial charge is 0.244 e. The van der Waals surface area contributed by atoms with Gasteiger partial charge in [0.25, 0.3) is 0 Å². The zero-order valence-electron chi connectivity index (χ0n) is 14.9. The van der Waals surface area contributed by atoms with Crippen LogP contribution in [0, 0.1) is 6.92 Å². The molecule has 3 heterocycles. The van der Waals surface area contributed by atoms with Gasteiger partial charge >= 0.3 is 0 Å². The van der Waals surface area contributed by atoms with Crippen LogP contribution in [0.15, 0.2) is 36.7 Å². The summed E-state index contributed by atoms with van der Waals surface area (Å²) in [4.78, 5) is 20.9. The highest BCUT2D eigenvalue weighted by atomic mass is 35.5. The fourth-order valence-corrected chi connectivity index (χ4v) is 3.64. The number of amides is 1. The molecule has 4 rings (SSSR count). The summed E-state index contributed by atoms with van der Waals surface area (Å²) in [5.41, 5.74) is 2.95. The van der Waals surface area contributed by atoms with Gasteiger partial charge in [-0.25, -0.2) is 4.98 Å². The molecular formula is C19H19Cl2N5O. The number of halogens is 2. The largest absolute Gasteiger partial charge is 0.368 e. The molecule has 1 amide bonds. The molecule has 6 nitrogen and oxygen atoms in total. The van der Waals surface area contributed by atoms with Crippen molar-refractivity contribution in [1.29, 1.82) is 0 Å². The molecule has 140 valence electrons. The summed E-state index contributed by atoms with van der Waals surface area (Å²) in [6.45, 7) is 5.16. The van der Waals surface area contributed by atoms with Gasteiger partial charge in [0.15, 0.2) is 0 Å². The van der Waals surface area contributed by atoms with E-state index in [1.165, 1.54) is 0 Å². The molecule has 3 aromatic rings. The normalized spacial score (nSPS) is 14.8. The lowest BCUT2D eigenvalue weighted by molar-refractivity contribution is -0.132. The predicted octanol–water partition coefficient (Wildman–Crippen LogP) is 3.40. The molecule has 8 heteroatoms. The Hall–Kier alpha value is -2.31. The van der Waals surface area contributed by atoms with Gasteiger partial charge in [-0.15, -0.1) is 0 Å². The SMILES string of the molecule is Cc1cc(N2CCN(C(=O)Cn3cc4c(Cl)nccc4n3)CC2)ccc1Cl. The van der Waals surface area contributed by atoms with Gasteiger partial charge in [-0.1, -0.05) is 23.2 Å². The lowest BCUT2D eigenvalue weighted by Gasteiger charge is -2.36. The van der Waals surface area contributed by atoms with Crippen LogP contribution in [0.4, 0.5) is 5.69 Å². The molecule has 0 aliphatic carbocycles. The van der Waals surface area contributed by atoms with Crippen LogP contribution in [0.2, 0.25) is 10.2 Å². The summed E-state index contributed by atoms with van der Waals surface area (Å²) < 4.78 is 1.63. The Kier molecular flexibility index (Phi) is 4.93. The number of carbonyl (C=O) groups is 1. The van der Waals surface area contributed by atoms with Crippen LogP contribution in [-0.4, -0.2) is 51.8 Å². The first kappa shape index (κ1) is 18.1. The van der Waals surface area contributed by atoms with Crippen molar-refractivity contribution in [2.24, 2.45) is 0 Å². The maximum absolute atomic E-state index is 12.7. The molecular weight excluding hydrogens is 385 g/mol. The Labute approximate surface area is 167 Å². The number of hydrogen-bond acceptors (Lipinski definition) is 4. The van der Waals surface area contributed by atoms with Crippen molar-refractivity contribution in [3.05, 3.63) is 52.4 Å². The van der Waals surface area contributed by atoms with Crippen molar-refractivity contribution >= 4 is 45.7 Å². The van der Waals surface area contributed by atoms with E-state index >= 15 is 0 Å². The second kappa shape index (κ2) is 7.37. The lowest BCUT2D eigenvalue weighted by atomic mass is 10.2. The molecule has 0 bridgehead atoms. The highest BCUT2D eigenvalue weighted by Gasteiger charge is 2.22. The Balaban J connectivity index is 1.39. The van der Waals surface area contributed by atoms with Gasteiger partial charge in [-0.2, -0.15) is 5.10 Å². The first-order chi connectivity index (χ1) is 13.0. The zero-order valence-corrected chi connectivity index (χ0v) is 16.4. The first-order valence-electron chi connectivity index (χ1n) is 8.78. The second-order valence-electron chi connectivity index (χ2n) is 6.66. The summed E-state index contributed by atoms with van der Waals surface area (Å²) in [7, 11) is 0. The summed E-state index contributed by atoms with van der Waals surface area (Å²) in [5.74, 6) is 0.0545. The van der Waals surface area contributed by atoms with E-state index in [2.05, 4.69) is 21.0 Å². The number of benzene rings is 1. The lowest BCUT2D eigenvalue weighted by Crippen LogP contribution is -2.49. The minimum Gasteiger partial charge on any atom is -0.368 e. The number of carbonyl (C=O) groups excluding carboxylic acids is 1. The Morgan fingerprint density at radius 3 is 2.63 bits per heavy atom. The third-order valence-corrected chi connectivity index (χ3v) is 5.59. The number of piperazine rings is 1. The molecule has 0 unspecified atom stereocenters. The molecule has 1 aliphatic heterocycles. The average Bonchev–Trinajstić information content (AvgIpc) is 3.08. The molecule has 0 radical (unpaired) electrons. The monoisotopic (exact) mass is 403 g/mol. The molecule has 0 N–H and O–H groups in total. The number of fused-ring (bicyclic) bond motifs is 1. The minimum atomic E-state index is 0.0545. The third-order valence-electron chi connectivity index (χ3n) is 4.87. The topological polar surface area (TPSA) is 54.3 Å². The second-order valence-corrected chi connectivity index (χ2v) is 7.43. The van der Waals surface area contributed by atoms with Crippen LogP contribution in [-0.2, 0) is 11.3 Å². The van der Waals surface area contributed by atoms with E-state index in [0.717, 1.165) is 40.3 Å². The summed E-state index contributed by atoms with van der Waals surface area (Å²) in [6, 6.07) is 7.83. The van der Waals surface area contributed by atoms with Crippen molar-refractivity contribution < 1.29 is 4.79 Å². The maximum Gasteiger partial charge on any atom is 0.244 e. The van der Waals surface area contributed by atoms with E-state index < -0.39 is 0 Å². The Morgan fingerprint density at radius 1 is 1.15 bits per heavy atom. The van der Waals surface area contributed by atoms with Gasteiger partial charge in [-0.05, 0) is 36.8 Å². The number of pyridine rings is 1. The predicted molar refractivity (Wildman–Crippen MR) is 108 cm³/mol. The number of rotatable bonds is 3. The Morgan fingerprint density at radius 2 is 1.93 bits per heavy atom. The van der Waals surface area contributed by atoms with Crippen molar-refractivity contribution in [2.45, 2.75) is 13.5 Å². The average molecular weight is 404 g/mol. The quantitative estimate of drug-likeness (QED) is 0.628. The fraction of sp³-hybridized carbons (Fsp3) is 0.316. The number of aromatic nitrogens is 3. The number of aryl methyl sites for hydroxylation is 1. The van der Waals surface area contributed by atoms with E-state index in [-0.39, 0.29) is 12.5 Å². The van der Waals surface area contributed by atoms with Gasteiger partial charge in [-0.3, -0.25) is 9.48 Å². The van der Waals surface area contributed by atoms with Gasteiger partial charge in [0.1, 0.15) is 11.7 Å². The van der Waals surface area contributed by atoms with Crippen LogP contribution in [0.25, 0.3) is 10.9 Å². The molecule has 27 heavy (non-hydrogen) atoms.